The summed E-state index contributed by atoms with van der Waals surface area (Å²) in [5, 5.41) is 2.69. The number of nitrogens with zero attached hydrogens (tertiary/aromatic N) is 1. The van der Waals surface area contributed by atoms with E-state index in [0.29, 0.717) is 25.1 Å². The highest BCUT2D eigenvalue weighted by molar-refractivity contribution is 5.95. The van der Waals surface area contributed by atoms with Crippen molar-refractivity contribution in [3.8, 4) is 0 Å². The summed E-state index contributed by atoms with van der Waals surface area (Å²) >= 11 is 0. The van der Waals surface area contributed by atoms with Gasteiger partial charge in [0.05, 0.1) is 12.5 Å². The van der Waals surface area contributed by atoms with Crippen LogP contribution in [-0.4, -0.2) is 48.4 Å². The fourth-order valence-corrected chi connectivity index (χ4v) is 2.91. The largest absolute Gasteiger partial charge is 0.464 e. The minimum absolute atomic E-state index is 0.0593. The van der Waals surface area contributed by atoms with Crippen molar-refractivity contribution in [3.05, 3.63) is 35.4 Å². The number of aryl methyl sites for hydroxylation is 1. The van der Waals surface area contributed by atoms with Crippen molar-refractivity contribution in [2.75, 3.05) is 19.7 Å². The van der Waals surface area contributed by atoms with Crippen LogP contribution in [0, 0.1) is 12.8 Å². The van der Waals surface area contributed by atoms with Gasteiger partial charge >= 0.3 is 5.97 Å². The summed E-state index contributed by atoms with van der Waals surface area (Å²) < 4.78 is 4.90. The molecule has 2 rings (SSSR count). The molecular formula is C19H26N2O4. The Kier molecular flexibility index (Phi) is 6.56. The van der Waals surface area contributed by atoms with E-state index in [0.717, 1.165) is 12.0 Å². The first-order valence-corrected chi connectivity index (χ1v) is 8.75. The number of hydrogen-bond acceptors (Lipinski definition) is 4. The number of hydrogen-bond donors (Lipinski definition) is 1. The van der Waals surface area contributed by atoms with E-state index < -0.39 is 12.0 Å². The van der Waals surface area contributed by atoms with Gasteiger partial charge in [0, 0.05) is 18.7 Å². The molecule has 0 aromatic heterocycles. The topological polar surface area (TPSA) is 75.7 Å². The van der Waals surface area contributed by atoms with E-state index in [1.54, 1.807) is 18.7 Å². The first-order chi connectivity index (χ1) is 11.9. The molecule has 6 heteroatoms. The summed E-state index contributed by atoms with van der Waals surface area (Å²) in [6.45, 7) is 6.59. The molecule has 1 aromatic carbocycles. The van der Waals surface area contributed by atoms with Crippen LogP contribution in [0.1, 0.15) is 42.6 Å². The van der Waals surface area contributed by atoms with Crippen molar-refractivity contribution in [3.63, 3.8) is 0 Å². The first-order valence-electron chi connectivity index (χ1n) is 8.75. The minimum Gasteiger partial charge on any atom is -0.464 e. The van der Waals surface area contributed by atoms with Gasteiger partial charge in [-0.05, 0) is 45.7 Å². The Balaban J connectivity index is 1.95. The van der Waals surface area contributed by atoms with Gasteiger partial charge in [-0.25, -0.2) is 4.79 Å². The van der Waals surface area contributed by atoms with Crippen molar-refractivity contribution in [2.24, 2.45) is 5.92 Å². The summed E-state index contributed by atoms with van der Waals surface area (Å²) in [6.07, 6.45) is 1.47. The van der Waals surface area contributed by atoms with Crippen molar-refractivity contribution < 1.29 is 19.1 Å². The van der Waals surface area contributed by atoms with Crippen LogP contribution >= 0.6 is 0 Å². The van der Waals surface area contributed by atoms with Crippen LogP contribution in [0.4, 0.5) is 0 Å². The lowest BCUT2D eigenvalue weighted by molar-refractivity contribution is -0.147. The number of ether oxygens (including phenoxy) is 1. The summed E-state index contributed by atoms with van der Waals surface area (Å²) in [5.41, 5.74) is 1.73. The summed E-state index contributed by atoms with van der Waals surface area (Å²) in [5.74, 6) is -1.02. The number of carbonyl (C=O) groups is 3. The molecule has 0 radical (unpaired) electrons. The van der Waals surface area contributed by atoms with E-state index in [2.05, 4.69) is 5.32 Å². The number of likely N-dealkylation sites (tertiary alicyclic amines) is 1. The zero-order valence-corrected chi connectivity index (χ0v) is 15.1. The molecule has 1 N–H and O–H groups in total. The second kappa shape index (κ2) is 8.65. The molecule has 2 unspecified atom stereocenters. The van der Waals surface area contributed by atoms with Crippen LogP contribution in [-0.2, 0) is 14.3 Å². The maximum absolute atomic E-state index is 12.6. The molecule has 0 aliphatic carbocycles. The highest BCUT2D eigenvalue weighted by Gasteiger charge is 2.30. The maximum Gasteiger partial charge on any atom is 0.328 e. The number of esters is 1. The second-order valence-electron chi connectivity index (χ2n) is 6.44. The molecule has 0 spiro atoms. The van der Waals surface area contributed by atoms with Gasteiger partial charge in [0.15, 0.2) is 0 Å². The average molecular weight is 346 g/mol. The van der Waals surface area contributed by atoms with Gasteiger partial charge in [0.2, 0.25) is 5.91 Å². The molecule has 0 saturated carbocycles. The maximum atomic E-state index is 12.6. The lowest BCUT2D eigenvalue weighted by atomic mass is 9.96. The SMILES string of the molecule is CCOC(=O)C(C)NC(=O)C1CCCN(C(=O)c2ccc(C)cc2)C1. The number of piperidine rings is 1. The standard InChI is InChI=1S/C19H26N2O4/c1-4-25-19(24)14(3)20-17(22)16-6-5-11-21(12-16)18(23)15-9-7-13(2)8-10-15/h7-10,14,16H,4-6,11-12H2,1-3H3,(H,20,22). The molecule has 1 aromatic rings. The number of amides is 2. The van der Waals surface area contributed by atoms with E-state index in [4.69, 9.17) is 4.74 Å². The van der Waals surface area contributed by atoms with Gasteiger partial charge in [-0.1, -0.05) is 17.7 Å². The normalized spacial score (nSPS) is 18.4. The lowest BCUT2D eigenvalue weighted by Crippen LogP contribution is -2.48. The Morgan fingerprint density at radius 2 is 1.96 bits per heavy atom. The molecule has 2 atom stereocenters. The Bertz CT molecular complexity index is 627. The van der Waals surface area contributed by atoms with E-state index in [1.165, 1.54) is 0 Å². The third-order valence-electron chi connectivity index (χ3n) is 4.38. The predicted molar refractivity (Wildman–Crippen MR) is 94.0 cm³/mol. The summed E-state index contributed by atoms with van der Waals surface area (Å²) in [4.78, 5) is 38.4. The smallest absolute Gasteiger partial charge is 0.328 e. The monoisotopic (exact) mass is 346 g/mol. The summed E-state index contributed by atoms with van der Waals surface area (Å²) in [6, 6.07) is 6.75. The fourth-order valence-electron chi connectivity index (χ4n) is 2.91. The van der Waals surface area contributed by atoms with Crippen LogP contribution in [0.5, 0.6) is 0 Å². The number of nitrogens with one attached hydrogen (secondary N) is 1. The van der Waals surface area contributed by atoms with Crippen molar-refractivity contribution >= 4 is 17.8 Å². The van der Waals surface area contributed by atoms with Crippen LogP contribution < -0.4 is 5.32 Å². The number of benzene rings is 1. The minimum atomic E-state index is -0.685. The van der Waals surface area contributed by atoms with Gasteiger partial charge in [-0.3, -0.25) is 9.59 Å². The van der Waals surface area contributed by atoms with E-state index in [9.17, 15) is 14.4 Å². The Morgan fingerprint density at radius 3 is 2.60 bits per heavy atom. The van der Waals surface area contributed by atoms with Crippen LogP contribution in [0.2, 0.25) is 0 Å². The summed E-state index contributed by atoms with van der Waals surface area (Å²) in [7, 11) is 0. The Morgan fingerprint density at radius 1 is 1.28 bits per heavy atom. The molecule has 1 saturated heterocycles. The van der Waals surface area contributed by atoms with E-state index in [1.807, 2.05) is 31.2 Å². The second-order valence-corrected chi connectivity index (χ2v) is 6.44. The van der Waals surface area contributed by atoms with Crippen molar-refractivity contribution in [2.45, 2.75) is 39.7 Å². The zero-order valence-electron chi connectivity index (χ0n) is 15.1. The van der Waals surface area contributed by atoms with Crippen molar-refractivity contribution in [1.82, 2.24) is 10.2 Å². The lowest BCUT2D eigenvalue weighted by Gasteiger charge is -2.32. The molecule has 1 fully saturated rings. The molecule has 6 nitrogen and oxygen atoms in total. The van der Waals surface area contributed by atoms with Crippen LogP contribution in [0.15, 0.2) is 24.3 Å². The Hall–Kier alpha value is -2.37. The molecule has 1 aliphatic heterocycles. The van der Waals surface area contributed by atoms with Gasteiger partial charge in [-0.2, -0.15) is 0 Å². The van der Waals surface area contributed by atoms with Gasteiger partial charge in [0.1, 0.15) is 6.04 Å². The quantitative estimate of drug-likeness (QED) is 0.827. The molecule has 1 heterocycles. The molecule has 0 bridgehead atoms. The predicted octanol–water partition coefficient (Wildman–Crippen LogP) is 1.92. The third kappa shape index (κ3) is 5.05. The van der Waals surface area contributed by atoms with E-state index >= 15 is 0 Å². The third-order valence-corrected chi connectivity index (χ3v) is 4.38. The molecular weight excluding hydrogens is 320 g/mol. The molecule has 1 aliphatic rings. The zero-order chi connectivity index (χ0) is 18.4. The van der Waals surface area contributed by atoms with Crippen LogP contribution in [0.3, 0.4) is 0 Å². The average Bonchev–Trinajstić information content (AvgIpc) is 2.62. The molecule has 25 heavy (non-hydrogen) atoms. The molecule has 136 valence electrons. The Labute approximate surface area is 148 Å². The highest BCUT2D eigenvalue weighted by Crippen LogP contribution is 2.19. The van der Waals surface area contributed by atoms with Gasteiger partial charge < -0.3 is 15.0 Å². The first kappa shape index (κ1) is 19.0. The van der Waals surface area contributed by atoms with Gasteiger partial charge in [-0.15, -0.1) is 0 Å². The number of carbonyl (C=O) groups excluding carboxylic acids is 3. The van der Waals surface area contributed by atoms with Crippen molar-refractivity contribution in [1.29, 1.82) is 0 Å². The molecule has 2 amide bonds. The van der Waals surface area contributed by atoms with Crippen LogP contribution in [0.25, 0.3) is 0 Å². The van der Waals surface area contributed by atoms with Gasteiger partial charge in [0.25, 0.3) is 5.91 Å². The highest BCUT2D eigenvalue weighted by atomic mass is 16.5. The number of rotatable bonds is 5. The van der Waals surface area contributed by atoms with E-state index in [-0.39, 0.29) is 24.3 Å². The fraction of sp³-hybridized carbons (Fsp3) is 0.526.